The third kappa shape index (κ3) is 4.06. The zero-order valence-electron chi connectivity index (χ0n) is 23.1. The van der Waals surface area contributed by atoms with Crippen molar-refractivity contribution in [1.29, 1.82) is 0 Å². The molecule has 5 aliphatic rings. The van der Waals surface area contributed by atoms with Crippen LogP contribution in [0.2, 0.25) is 0 Å². The molecule has 0 radical (unpaired) electrons. The molecule has 1 aliphatic heterocycles. The summed E-state index contributed by atoms with van der Waals surface area (Å²) in [5.41, 5.74) is 0.0631. The van der Waals surface area contributed by atoms with Gasteiger partial charge in [0.25, 0.3) is 0 Å². The van der Waals surface area contributed by atoms with Crippen LogP contribution in [0.15, 0.2) is 27.6 Å². The Labute approximate surface area is 225 Å². The van der Waals surface area contributed by atoms with E-state index in [1.165, 1.54) is 18.9 Å². The number of ether oxygens (including phenoxy) is 1. The molecule has 0 bridgehead atoms. The third-order valence-corrected chi connectivity index (χ3v) is 12.5. The Morgan fingerprint density at radius 3 is 2.58 bits per heavy atom. The smallest absolute Gasteiger partial charge is 0.450 e. The van der Waals surface area contributed by atoms with Crippen LogP contribution in [-0.2, 0) is 4.74 Å². The first-order chi connectivity index (χ1) is 18.2. The highest BCUT2D eigenvalue weighted by Crippen LogP contribution is 2.70. The maximum absolute atomic E-state index is 12.5. The van der Waals surface area contributed by atoms with E-state index in [1.54, 1.807) is 6.26 Å². The molecule has 0 spiro atoms. The van der Waals surface area contributed by atoms with Gasteiger partial charge in [-0.05, 0) is 130 Å². The molecule has 1 aromatic heterocycles. The number of hydrogen-bond donors (Lipinski definition) is 2. The van der Waals surface area contributed by atoms with Gasteiger partial charge in [0.2, 0.25) is 0 Å². The zero-order valence-corrected chi connectivity index (χ0v) is 23.1. The van der Waals surface area contributed by atoms with Crippen molar-refractivity contribution in [1.82, 2.24) is 4.90 Å². The topological polar surface area (TPSA) is 100 Å². The molecule has 2 N–H and O–H groups in total. The maximum Gasteiger partial charge on any atom is 0.505 e. The van der Waals surface area contributed by atoms with Crippen molar-refractivity contribution >= 4 is 6.16 Å². The summed E-state index contributed by atoms with van der Waals surface area (Å²) in [6.07, 6.45) is 12.4. The molecule has 4 saturated carbocycles. The van der Waals surface area contributed by atoms with E-state index in [0.717, 1.165) is 76.4 Å². The summed E-state index contributed by atoms with van der Waals surface area (Å²) in [6, 6.07) is 3.61. The van der Waals surface area contributed by atoms with Crippen LogP contribution < -0.4 is 5.63 Å². The first kappa shape index (κ1) is 26.4. The molecule has 38 heavy (non-hydrogen) atoms. The first-order valence-electron chi connectivity index (χ1n) is 15.1. The second-order valence-electron chi connectivity index (χ2n) is 13.8. The summed E-state index contributed by atoms with van der Waals surface area (Å²) in [7, 11) is 0. The number of carboxylic acid groups (broad SMARTS) is 1. The summed E-state index contributed by atoms with van der Waals surface area (Å²) < 4.78 is 10.4. The van der Waals surface area contributed by atoms with Gasteiger partial charge in [-0.15, -0.1) is 0 Å². The van der Waals surface area contributed by atoms with Gasteiger partial charge in [-0.1, -0.05) is 13.8 Å². The molecule has 1 aromatic rings. The van der Waals surface area contributed by atoms with Gasteiger partial charge in [0.1, 0.15) is 6.61 Å². The van der Waals surface area contributed by atoms with E-state index < -0.39 is 11.8 Å². The number of nitrogens with zero attached hydrogens (tertiary/aromatic N) is 1. The van der Waals surface area contributed by atoms with Crippen LogP contribution in [0.5, 0.6) is 0 Å². The lowest BCUT2D eigenvalue weighted by Gasteiger charge is -2.64. The van der Waals surface area contributed by atoms with Gasteiger partial charge < -0.3 is 19.4 Å². The highest BCUT2D eigenvalue weighted by Gasteiger charge is 2.67. The molecule has 5 fully saturated rings. The van der Waals surface area contributed by atoms with Crippen LogP contribution in [0.4, 0.5) is 4.79 Å². The van der Waals surface area contributed by atoms with Gasteiger partial charge >= 0.3 is 11.8 Å². The van der Waals surface area contributed by atoms with Crippen molar-refractivity contribution in [3.8, 4) is 0 Å². The number of aliphatic hydroxyl groups is 1. The van der Waals surface area contributed by atoms with Gasteiger partial charge in [-0.2, -0.15) is 0 Å². The summed E-state index contributed by atoms with van der Waals surface area (Å²) in [5.74, 6) is 2.14. The maximum atomic E-state index is 12.5. The van der Waals surface area contributed by atoms with Gasteiger partial charge in [-0.25, -0.2) is 9.59 Å². The lowest BCUT2D eigenvalue weighted by Crippen LogP contribution is -2.62. The summed E-state index contributed by atoms with van der Waals surface area (Å²) in [6.45, 7) is 7.19. The average molecular weight is 528 g/mol. The largest absolute Gasteiger partial charge is 0.505 e. The van der Waals surface area contributed by atoms with Crippen molar-refractivity contribution < 1.29 is 24.2 Å². The van der Waals surface area contributed by atoms with Crippen LogP contribution in [0.25, 0.3) is 0 Å². The zero-order chi connectivity index (χ0) is 26.7. The van der Waals surface area contributed by atoms with Crippen molar-refractivity contribution in [2.75, 3.05) is 19.7 Å². The number of rotatable bonds is 5. The number of carbonyl (C=O) groups is 1. The minimum atomic E-state index is -1.17. The average Bonchev–Trinajstić information content (AvgIpc) is 3.51. The van der Waals surface area contributed by atoms with E-state index in [9.17, 15) is 19.8 Å². The van der Waals surface area contributed by atoms with E-state index in [2.05, 4.69) is 18.7 Å². The van der Waals surface area contributed by atoms with Gasteiger partial charge in [-0.3, -0.25) is 4.90 Å². The van der Waals surface area contributed by atoms with Crippen LogP contribution in [0.3, 0.4) is 0 Å². The fourth-order valence-electron chi connectivity index (χ4n) is 10.5. The van der Waals surface area contributed by atoms with E-state index in [1.807, 2.05) is 6.07 Å². The lowest BCUT2D eigenvalue weighted by molar-refractivity contribution is -0.204. The van der Waals surface area contributed by atoms with E-state index in [4.69, 9.17) is 9.15 Å². The Morgan fingerprint density at radius 1 is 1.08 bits per heavy atom. The van der Waals surface area contributed by atoms with Crippen molar-refractivity contribution in [3.05, 3.63) is 34.4 Å². The Balaban J connectivity index is 1.21. The molecule has 4 aliphatic carbocycles. The molecule has 210 valence electrons. The highest BCUT2D eigenvalue weighted by molar-refractivity contribution is 5.56. The molecule has 1 saturated heterocycles. The lowest BCUT2D eigenvalue weighted by atomic mass is 9.42. The summed E-state index contributed by atoms with van der Waals surface area (Å²) >= 11 is 0. The number of hydrogen-bond acceptors (Lipinski definition) is 6. The molecule has 7 heteroatoms. The Hall–Kier alpha value is -1.86. The number of likely N-dealkylation sites (tertiary alicyclic amines) is 1. The summed E-state index contributed by atoms with van der Waals surface area (Å²) in [4.78, 5) is 25.3. The summed E-state index contributed by atoms with van der Waals surface area (Å²) in [5, 5.41) is 21.7. The third-order valence-electron chi connectivity index (χ3n) is 12.5. The quantitative estimate of drug-likeness (QED) is 0.477. The molecule has 9 atom stereocenters. The molecule has 6 rings (SSSR count). The Bertz CT molecular complexity index is 1080. The van der Waals surface area contributed by atoms with Gasteiger partial charge in [0.05, 0.1) is 11.9 Å². The Morgan fingerprint density at radius 2 is 1.87 bits per heavy atom. The number of fused-ring (bicyclic) bond motifs is 5. The molecular formula is C31H45NO6. The normalized spacial score (nSPS) is 43.6. The van der Waals surface area contributed by atoms with Crippen molar-refractivity contribution in [3.63, 3.8) is 0 Å². The fourth-order valence-corrected chi connectivity index (χ4v) is 10.5. The fraction of sp³-hybridized carbons (Fsp3) is 0.806. The minimum absolute atomic E-state index is 0.191. The minimum Gasteiger partial charge on any atom is -0.450 e. The van der Waals surface area contributed by atoms with Crippen LogP contribution >= 0.6 is 0 Å². The van der Waals surface area contributed by atoms with E-state index in [-0.39, 0.29) is 35.0 Å². The highest BCUT2D eigenvalue weighted by atomic mass is 16.7. The second-order valence-corrected chi connectivity index (χ2v) is 13.8. The van der Waals surface area contributed by atoms with E-state index in [0.29, 0.717) is 23.7 Å². The molecule has 7 nitrogen and oxygen atoms in total. The van der Waals surface area contributed by atoms with Crippen LogP contribution in [0.1, 0.15) is 96.0 Å². The SMILES string of the molecule is C[C@]12CC[C@H](C(COC(=O)O)N3CCCC3)C[C@H]1CC[C@@H]1[C@@H]2CC[C@]2(C)[C@@H](c3ccc(=O)oc3)CC[C@]12O. The van der Waals surface area contributed by atoms with Crippen molar-refractivity contribution in [2.45, 2.75) is 102 Å². The molecule has 0 aromatic carbocycles. The van der Waals surface area contributed by atoms with Crippen molar-refractivity contribution in [2.24, 2.45) is 34.5 Å². The molecular weight excluding hydrogens is 482 g/mol. The predicted molar refractivity (Wildman–Crippen MR) is 143 cm³/mol. The second kappa shape index (κ2) is 9.65. The molecule has 0 amide bonds. The first-order valence-corrected chi connectivity index (χ1v) is 15.1. The molecule has 1 unspecified atom stereocenters. The molecule has 2 heterocycles. The van der Waals surface area contributed by atoms with Gasteiger partial charge in [0, 0.05) is 17.5 Å². The van der Waals surface area contributed by atoms with E-state index >= 15 is 0 Å². The monoisotopic (exact) mass is 527 g/mol. The standard InChI is InChI=1S/C31H45NO6/c1-29-12-9-20(26(19-38-28(34)35)32-15-3-4-16-32)17-22(29)6-7-25-24(29)10-13-30(2)23(11-14-31(25,30)36)21-5-8-27(33)37-18-21/h5,8,18,20,22-26,36H,3-4,6-7,9-17,19H2,1-2H3,(H,34,35)/t20-,22+,23+,24-,25+,26?,29-,30+,31-/m0/s1. The predicted octanol–water partition coefficient (Wildman–Crippen LogP) is 5.66. The van der Waals surface area contributed by atoms with Crippen LogP contribution in [0, 0.1) is 34.5 Å². The van der Waals surface area contributed by atoms with Gasteiger partial charge in [0.15, 0.2) is 0 Å². The van der Waals surface area contributed by atoms with Crippen LogP contribution in [-0.4, -0.2) is 52.6 Å². The Kier molecular flexibility index (Phi) is 6.70.